The molecule has 5 nitrogen and oxygen atoms in total. The van der Waals surface area contributed by atoms with E-state index >= 15 is 0 Å². The summed E-state index contributed by atoms with van der Waals surface area (Å²) < 4.78 is 35.2. The lowest BCUT2D eigenvalue weighted by Gasteiger charge is -2.01. The fraction of sp³-hybridized carbons (Fsp3) is 0.778. The van der Waals surface area contributed by atoms with Crippen LogP contribution in [0.5, 0.6) is 0 Å². The third-order valence-corrected chi connectivity index (χ3v) is 3.19. The summed E-state index contributed by atoms with van der Waals surface area (Å²) in [6.07, 6.45) is 4.85. The molecule has 0 bridgehead atoms. The Bertz CT molecular complexity index is 442. The number of hydrogen-bond donors (Lipinski definition) is 0. The van der Waals surface area contributed by atoms with Crippen molar-refractivity contribution in [3.05, 3.63) is 5.82 Å². The minimum Gasteiger partial charge on any atom is -0.303 e. The first kappa shape index (κ1) is 13.1. The second-order valence-electron chi connectivity index (χ2n) is 3.71. The Labute approximate surface area is 94.9 Å². The van der Waals surface area contributed by atoms with Crippen molar-refractivity contribution in [3.63, 3.8) is 0 Å². The van der Waals surface area contributed by atoms with Crippen LogP contribution in [0, 0.1) is 0 Å². The van der Waals surface area contributed by atoms with Crippen molar-refractivity contribution in [2.75, 3.05) is 0 Å². The summed E-state index contributed by atoms with van der Waals surface area (Å²) in [5, 5.41) is 6.40. The first-order valence-electron chi connectivity index (χ1n) is 5.29. The smallest absolute Gasteiger partial charge is 0.303 e. The lowest BCUT2D eigenvalue weighted by molar-refractivity contribution is 0.531. The lowest BCUT2D eigenvalue weighted by Crippen LogP contribution is -2.05. The van der Waals surface area contributed by atoms with Gasteiger partial charge in [0.25, 0.3) is 5.16 Å². The summed E-state index contributed by atoms with van der Waals surface area (Å²) in [6, 6.07) is 0. The Morgan fingerprint density at radius 2 is 1.94 bits per heavy atom. The molecule has 0 amide bonds. The van der Waals surface area contributed by atoms with Crippen molar-refractivity contribution in [1.29, 1.82) is 0 Å². The van der Waals surface area contributed by atoms with Crippen LogP contribution in [0.4, 0.5) is 3.89 Å². The second-order valence-corrected chi connectivity index (χ2v) is 4.95. The van der Waals surface area contributed by atoms with Gasteiger partial charge in [-0.25, -0.2) is 0 Å². The predicted octanol–water partition coefficient (Wildman–Crippen LogP) is 1.60. The van der Waals surface area contributed by atoms with Crippen LogP contribution in [0.25, 0.3) is 0 Å². The van der Waals surface area contributed by atoms with E-state index in [1.165, 1.54) is 11.6 Å². The molecule has 0 aliphatic rings. The topological polar surface area (TPSA) is 64.8 Å². The average molecular weight is 249 g/mol. The second kappa shape index (κ2) is 5.38. The largest absolute Gasteiger partial charge is 0.368 e. The maximum atomic E-state index is 12.7. The molecule has 1 rings (SSSR count). The molecule has 0 fully saturated rings. The van der Waals surface area contributed by atoms with E-state index in [-0.39, 0.29) is 0 Å². The summed E-state index contributed by atoms with van der Waals surface area (Å²) in [7, 11) is -3.30. The molecule has 0 spiro atoms. The van der Waals surface area contributed by atoms with Gasteiger partial charge in [-0.15, -0.1) is 10.2 Å². The Kier molecular flexibility index (Phi) is 4.40. The maximum Gasteiger partial charge on any atom is 0.368 e. The SMILES string of the molecule is CCCCCCc1nnc(S(=O)(=O)F)n1C. The molecule has 0 radical (unpaired) electrons. The lowest BCUT2D eigenvalue weighted by atomic mass is 10.1. The van der Waals surface area contributed by atoms with Crippen LogP contribution in [0.15, 0.2) is 5.16 Å². The first-order chi connectivity index (χ1) is 7.46. The van der Waals surface area contributed by atoms with Crippen LogP contribution < -0.4 is 0 Å². The summed E-state index contributed by atoms with van der Waals surface area (Å²) in [4.78, 5) is 0. The van der Waals surface area contributed by atoms with Crippen LogP contribution in [0.1, 0.15) is 38.4 Å². The molecule has 0 aliphatic carbocycles. The summed E-state index contributed by atoms with van der Waals surface area (Å²) in [5.41, 5.74) is 0. The quantitative estimate of drug-likeness (QED) is 0.567. The fourth-order valence-electron chi connectivity index (χ4n) is 1.48. The van der Waals surface area contributed by atoms with Crippen LogP contribution in [-0.2, 0) is 23.7 Å². The zero-order valence-electron chi connectivity index (χ0n) is 9.48. The molecule has 0 aromatic carbocycles. The molecule has 0 atom stereocenters. The molecule has 16 heavy (non-hydrogen) atoms. The molecule has 1 heterocycles. The Morgan fingerprint density at radius 1 is 1.25 bits per heavy atom. The third-order valence-electron chi connectivity index (χ3n) is 2.40. The highest BCUT2D eigenvalue weighted by molar-refractivity contribution is 7.86. The number of nitrogens with zero attached hydrogens (tertiary/aromatic N) is 3. The number of aryl methyl sites for hydroxylation is 1. The van der Waals surface area contributed by atoms with Crippen LogP contribution >= 0.6 is 0 Å². The van der Waals surface area contributed by atoms with Crippen LogP contribution in [0.3, 0.4) is 0 Å². The van der Waals surface area contributed by atoms with Crippen molar-refractivity contribution >= 4 is 10.2 Å². The van der Waals surface area contributed by atoms with E-state index in [1.807, 2.05) is 0 Å². The van der Waals surface area contributed by atoms with Crippen molar-refractivity contribution in [1.82, 2.24) is 14.8 Å². The molecule has 0 aliphatic heterocycles. The fourth-order valence-corrected chi connectivity index (χ4v) is 2.06. The highest BCUT2D eigenvalue weighted by atomic mass is 32.3. The third kappa shape index (κ3) is 3.26. The molecule has 0 saturated carbocycles. The van der Waals surface area contributed by atoms with Gasteiger partial charge >= 0.3 is 10.2 Å². The van der Waals surface area contributed by atoms with Gasteiger partial charge in [-0.1, -0.05) is 30.1 Å². The van der Waals surface area contributed by atoms with E-state index in [4.69, 9.17) is 0 Å². The molecule has 92 valence electrons. The number of aromatic nitrogens is 3. The molecular weight excluding hydrogens is 233 g/mol. The van der Waals surface area contributed by atoms with Gasteiger partial charge in [0.05, 0.1) is 0 Å². The van der Waals surface area contributed by atoms with E-state index in [0.717, 1.165) is 25.7 Å². The number of rotatable bonds is 6. The minimum atomic E-state index is -4.76. The average Bonchev–Trinajstić information content (AvgIpc) is 2.54. The molecular formula is C9H16FN3O2S. The molecule has 0 unspecified atom stereocenters. The Hall–Kier alpha value is -0.980. The van der Waals surface area contributed by atoms with E-state index in [9.17, 15) is 12.3 Å². The standard InChI is InChI=1S/C9H16FN3O2S/c1-3-4-5-6-7-8-11-12-9(13(8)2)16(10,14)15/h3-7H2,1-2H3. The Morgan fingerprint density at radius 3 is 2.44 bits per heavy atom. The zero-order valence-corrected chi connectivity index (χ0v) is 10.3. The van der Waals surface area contributed by atoms with Gasteiger partial charge in [0, 0.05) is 13.5 Å². The van der Waals surface area contributed by atoms with E-state index in [1.54, 1.807) is 0 Å². The van der Waals surface area contributed by atoms with Crippen LogP contribution in [-0.4, -0.2) is 23.2 Å². The predicted molar refractivity (Wildman–Crippen MR) is 57.1 cm³/mol. The molecule has 0 saturated heterocycles. The van der Waals surface area contributed by atoms with E-state index in [2.05, 4.69) is 17.1 Å². The highest BCUT2D eigenvalue weighted by Gasteiger charge is 2.21. The van der Waals surface area contributed by atoms with Gasteiger partial charge in [-0.3, -0.25) is 0 Å². The minimum absolute atomic E-state index is 0.507. The van der Waals surface area contributed by atoms with Gasteiger partial charge in [0.2, 0.25) is 0 Å². The van der Waals surface area contributed by atoms with Gasteiger partial charge in [-0.2, -0.15) is 8.42 Å². The normalized spacial score (nSPS) is 11.9. The van der Waals surface area contributed by atoms with Crippen molar-refractivity contribution in [3.8, 4) is 0 Å². The van der Waals surface area contributed by atoms with Crippen molar-refractivity contribution < 1.29 is 12.3 Å². The van der Waals surface area contributed by atoms with Gasteiger partial charge < -0.3 is 4.57 Å². The molecule has 0 N–H and O–H groups in total. The van der Waals surface area contributed by atoms with Gasteiger partial charge in [0.1, 0.15) is 5.82 Å². The van der Waals surface area contributed by atoms with E-state index < -0.39 is 15.4 Å². The van der Waals surface area contributed by atoms with Gasteiger partial charge in [0.15, 0.2) is 0 Å². The first-order valence-corrected chi connectivity index (χ1v) is 6.68. The number of hydrogen-bond acceptors (Lipinski definition) is 4. The van der Waals surface area contributed by atoms with E-state index in [0.29, 0.717) is 12.2 Å². The van der Waals surface area contributed by atoms with Gasteiger partial charge in [-0.05, 0) is 6.42 Å². The Balaban J connectivity index is 2.66. The highest BCUT2D eigenvalue weighted by Crippen LogP contribution is 2.12. The number of unbranched alkanes of at least 4 members (excludes halogenated alkanes) is 3. The summed E-state index contributed by atoms with van der Waals surface area (Å²) >= 11 is 0. The summed E-state index contributed by atoms with van der Waals surface area (Å²) in [6.45, 7) is 2.11. The molecule has 7 heteroatoms. The van der Waals surface area contributed by atoms with Crippen molar-refractivity contribution in [2.45, 2.75) is 44.2 Å². The maximum absolute atomic E-state index is 12.7. The zero-order chi connectivity index (χ0) is 12.2. The molecule has 1 aromatic rings. The number of halogens is 1. The molecule has 1 aromatic heterocycles. The van der Waals surface area contributed by atoms with Crippen molar-refractivity contribution in [2.24, 2.45) is 7.05 Å². The monoisotopic (exact) mass is 249 g/mol. The van der Waals surface area contributed by atoms with Crippen LogP contribution in [0.2, 0.25) is 0 Å². The summed E-state index contributed by atoms with van der Waals surface area (Å²) in [5.74, 6) is 0.507.